The van der Waals surface area contributed by atoms with Crippen molar-refractivity contribution in [2.75, 3.05) is 23.7 Å². The minimum absolute atomic E-state index is 0.0162. The normalized spacial score (nSPS) is 17.0. The number of fused-ring (bicyclic) bond motifs is 1. The van der Waals surface area contributed by atoms with Crippen LogP contribution in [0.25, 0.3) is 0 Å². The molecule has 0 bridgehead atoms. The Bertz CT molecular complexity index is 1030. The molecule has 1 aromatic carbocycles. The molecular weight excluding hydrogens is 390 g/mol. The lowest BCUT2D eigenvalue weighted by Gasteiger charge is -2.35. The fourth-order valence-corrected chi connectivity index (χ4v) is 3.93. The molecule has 7 nitrogen and oxygen atoms in total. The molecule has 4 rings (SSSR count). The fraction of sp³-hybridized carbons (Fsp3) is 0.292. The van der Waals surface area contributed by atoms with E-state index in [1.165, 1.54) is 5.56 Å². The van der Waals surface area contributed by atoms with Crippen LogP contribution >= 0.6 is 0 Å². The number of carboxylic acid groups (broad SMARTS) is 1. The van der Waals surface area contributed by atoms with Crippen molar-refractivity contribution < 1.29 is 9.90 Å². The van der Waals surface area contributed by atoms with Gasteiger partial charge >= 0.3 is 5.97 Å². The van der Waals surface area contributed by atoms with Crippen LogP contribution in [0.15, 0.2) is 67.1 Å². The molecule has 160 valence electrons. The SMILES string of the molecule is C[C@@H](CN[C@H](c1ccccc1)[C@H]1CNc2cccnc2N1)c1cncc(CC(=O)O)c1. The lowest BCUT2D eigenvalue weighted by Crippen LogP contribution is -2.45. The highest BCUT2D eigenvalue weighted by Gasteiger charge is 2.27. The number of nitrogens with zero attached hydrogens (tertiary/aromatic N) is 2. The number of rotatable bonds is 8. The first-order valence-electron chi connectivity index (χ1n) is 10.5. The maximum absolute atomic E-state index is 11.0. The largest absolute Gasteiger partial charge is 0.481 e. The van der Waals surface area contributed by atoms with Gasteiger partial charge in [-0.15, -0.1) is 0 Å². The van der Waals surface area contributed by atoms with E-state index in [-0.39, 0.29) is 24.4 Å². The summed E-state index contributed by atoms with van der Waals surface area (Å²) in [5, 5.41) is 19.8. The van der Waals surface area contributed by atoms with Crippen molar-refractivity contribution in [3.63, 3.8) is 0 Å². The second-order valence-electron chi connectivity index (χ2n) is 7.93. The van der Waals surface area contributed by atoms with Gasteiger partial charge in [0.05, 0.1) is 24.2 Å². The Hall–Kier alpha value is -3.45. The van der Waals surface area contributed by atoms with Crippen molar-refractivity contribution in [2.24, 2.45) is 0 Å². The first kappa shape index (κ1) is 20.8. The van der Waals surface area contributed by atoms with Crippen LogP contribution in [0.1, 0.15) is 35.6 Å². The zero-order chi connectivity index (χ0) is 21.6. The molecule has 0 saturated carbocycles. The Labute approximate surface area is 182 Å². The van der Waals surface area contributed by atoms with E-state index >= 15 is 0 Å². The number of hydrogen-bond donors (Lipinski definition) is 4. The first-order valence-corrected chi connectivity index (χ1v) is 10.5. The Morgan fingerprint density at radius 3 is 2.84 bits per heavy atom. The molecule has 1 aliphatic heterocycles. The Kier molecular flexibility index (Phi) is 6.43. The molecule has 3 heterocycles. The summed E-state index contributed by atoms with van der Waals surface area (Å²) in [7, 11) is 0. The molecule has 3 aromatic rings. The third kappa shape index (κ3) is 5.19. The monoisotopic (exact) mass is 417 g/mol. The second-order valence-corrected chi connectivity index (χ2v) is 7.93. The predicted octanol–water partition coefficient (Wildman–Crippen LogP) is 3.44. The van der Waals surface area contributed by atoms with Crippen LogP contribution in [0.3, 0.4) is 0 Å². The molecule has 0 aliphatic carbocycles. The van der Waals surface area contributed by atoms with Gasteiger partial charge in [-0.2, -0.15) is 0 Å². The molecule has 0 spiro atoms. The van der Waals surface area contributed by atoms with Crippen LogP contribution in [0.5, 0.6) is 0 Å². The molecule has 2 aromatic heterocycles. The molecule has 0 unspecified atom stereocenters. The quantitative estimate of drug-likeness (QED) is 0.446. The summed E-state index contributed by atoms with van der Waals surface area (Å²) in [6.45, 7) is 3.63. The summed E-state index contributed by atoms with van der Waals surface area (Å²) < 4.78 is 0. The van der Waals surface area contributed by atoms with Gasteiger partial charge in [-0.25, -0.2) is 4.98 Å². The number of aliphatic carboxylic acids is 1. The number of benzene rings is 1. The van der Waals surface area contributed by atoms with Gasteiger partial charge in [0.2, 0.25) is 0 Å². The Morgan fingerprint density at radius 2 is 2.03 bits per heavy atom. The van der Waals surface area contributed by atoms with Crippen molar-refractivity contribution in [1.29, 1.82) is 0 Å². The third-order valence-corrected chi connectivity index (χ3v) is 5.59. The van der Waals surface area contributed by atoms with E-state index in [1.807, 2.05) is 30.5 Å². The highest BCUT2D eigenvalue weighted by molar-refractivity contribution is 5.70. The predicted molar refractivity (Wildman–Crippen MR) is 121 cm³/mol. The smallest absolute Gasteiger partial charge is 0.307 e. The number of carbonyl (C=O) groups is 1. The third-order valence-electron chi connectivity index (χ3n) is 5.59. The molecular formula is C24H27N5O2. The number of carboxylic acids is 1. The van der Waals surface area contributed by atoms with Gasteiger partial charge in [0, 0.05) is 31.7 Å². The average molecular weight is 418 g/mol. The van der Waals surface area contributed by atoms with E-state index in [0.717, 1.165) is 35.7 Å². The highest BCUT2D eigenvalue weighted by atomic mass is 16.4. The van der Waals surface area contributed by atoms with Gasteiger partial charge in [-0.3, -0.25) is 9.78 Å². The molecule has 3 atom stereocenters. The van der Waals surface area contributed by atoms with Crippen LogP contribution in [-0.4, -0.2) is 40.2 Å². The molecule has 0 saturated heterocycles. The first-order chi connectivity index (χ1) is 15.1. The van der Waals surface area contributed by atoms with Crippen molar-refractivity contribution in [3.8, 4) is 0 Å². The molecule has 7 heteroatoms. The van der Waals surface area contributed by atoms with E-state index in [0.29, 0.717) is 0 Å². The van der Waals surface area contributed by atoms with Crippen LogP contribution in [0, 0.1) is 0 Å². The van der Waals surface area contributed by atoms with E-state index in [1.54, 1.807) is 12.4 Å². The molecule has 0 fully saturated rings. The Balaban J connectivity index is 1.49. The summed E-state index contributed by atoms with van der Waals surface area (Å²) in [6.07, 6.45) is 5.21. The summed E-state index contributed by atoms with van der Waals surface area (Å²) in [4.78, 5) is 19.7. The lowest BCUT2D eigenvalue weighted by molar-refractivity contribution is -0.136. The van der Waals surface area contributed by atoms with E-state index in [2.05, 4.69) is 57.1 Å². The zero-order valence-electron chi connectivity index (χ0n) is 17.5. The van der Waals surface area contributed by atoms with Gasteiger partial charge in [0.25, 0.3) is 0 Å². The second kappa shape index (κ2) is 9.57. The standard InChI is InChI=1S/C24H27N5O2/c1-16(19-10-17(11-22(30)31)13-25-14-19)12-28-23(18-6-3-2-4-7-18)21-15-27-20-8-5-9-26-24(20)29-21/h2-10,13-14,16,21,23,27-28H,11-12,15H2,1H3,(H,26,29)(H,30,31)/t16-,21+,23+/m0/s1. The highest BCUT2D eigenvalue weighted by Crippen LogP contribution is 2.29. The molecule has 4 N–H and O–H groups in total. The lowest BCUT2D eigenvalue weighted by atomic mass is 9.95. The Morgan fingerprint density at radius 1 is 1.19 bits per heavy atom. The van der Waals surface area contributed by atoms with Gasteiger partial charge < -0.3 is 21.1 Å². The fourth-order valence-electron chi connectivity index (χ4n) is 3.93. The maximum atomic E-state index is 11.0. The molecule has 1 aliphatic rings. The van der Waals surface area contributed by atoms with Crippen LogP contribution in [0.4, 0.5) is 11.5 Å². The van der Waals surface area contributed by atoms with Crippen molar-refractivity contribution in [3.05, 3.63) is 83.8 Å². The average Bonchev–Trinajstić information content (AvgIpc) is 2.79. The summed E-state index contributed by atoms with van der Waals surface area (Å²) in [5.74, 6) is 0.188. The number of hydrogen-bond acceptors (Lipinski definition) is 6. The minimum Gasteiger partial charge on any atom is -0.481 e. The molecule has 0 radical (unpaired) electrons. The van der Waals surface area contributed by atoms with Crippen LogP contribution in [0.2, 0.25) is 0 Å². The van der Waals surface area contributed by atoms with Crippen molar-refractivity contribution >= 4 is 17.5 Å². The van der Waals surface area contributed by atoms with E-state index in [4.69, 9.17) is 5.11 Å². The number of aromatic nitrogens is 2. The molecule has 31 heavy (non-hydrogen) atoms. The van der Waals surface area contributed by atoms with Gasteiger partial charge in [-0.1, -0.05) is 43.3 Å². The summed E-state index contributed by atoms with van der Waals surface area (Å²) in [5.41, 5.74) is 3.96. The zero-order valence-corrected chi connectivity index (χ0v) is 17.5. The van der Waals surface area contributed by atoms with Gasteiger partial charge in [-0.05, 0) is 34.7 Å². The number of pyridine rings is 2. The van der Waals surface area contributed by atoms with Crippen molar-refractivity contribution in [1.82, 2.24) is 15.3 Å². The number of nitrogens with one attached hydrogen (secondary N) is 3. The summed E-state index contributed by atoms with van der Waals surface area (Å²) in [6, 6.07) is 16.5. The topological polar surface area (TPSA) is 99.2 Å². The van der Waals surface area contributed by atoms with E-state index < -0.39 is 5.97 Å². The van der Waals surface area contributed by atoms with Gasteiger partial charge in [0.15, 0.2) is 0 Å². The van der Waals surface area contributed by atoms with Crippen molar-refractivity contribution in [2.45, 2.75) is 31.3 Å². The summed E-state index contributed by atoms with van der Waals surface area (Å²) >= 11 is 0. The maximum Gasteiger partial charge on any atom is 0.307 e. The van der Waals surface area contributed by atoms with E-state index in [9.17, 15) is 4.79 Å². The molecule has 0 amide bonds. The van der Waals surface area contributed by atoms with Crippen LogP contribution < -0.4 is 16.0 Å². The number of anilines is 2. The van der Waals surface area contributed by atoms with Crippen LogP contribution in [-0.2, 0) is 11.2 Å². The van der Waals surface area contributed by atoms with Gasteiger partial charge in [0.1, 0.15) is 5.82 Å². The minimum atomic E-state index is -0.848.